The second-order valence-corrected chi connectivity index (χ2v) is 9.41. The van der Waals surface area contributed by atoms with Gasteiger partial charge in [-0.25, -0.2) is 18.2 Å². The number of rotatable bonds is 4. The van der Waals surface area contributed by atoms with Gasteiger partial charge in [0.15, 0.2) is 4.33 Å². The molecule has 0 atom stereocenters. The van der Waals surface area contributed by atoms with Crippen LogP contribution >= 0.6 is 34.8 Å². The highest BCUT2D eigenvalue weighted by Crippen LogP contribution is 2.36. The van der Waals surface area contributed by atoms with Crippen LogP contribution in [0.4, 0.5) is 0 Å². The maximum atomic E-state index is 12.0. The zero-order chi connectivity index (χ0) is 19.1. The minimum atomic E-state index is -3.96. The molecule has 3 rings (SSSR count). The fourth-order valence-electron chi connectivity index (χ4n) is 2.48. The highest BCUT2D eigenvalue weighted by Gasteiger charge is 2.27. The van der Waals surface area contributed by atoms with Crippen molar-refractivity contribution in [3.05, 3.63) is 65.3 Å². The van der Waals surface area contributed by atoms with Crippen molar-refractivity contribution in [2.75, 3.05) is 0 Å². The van der Waals surface area contributed by atoms with E-state index in [0.717, 1.165) is 5.56 Å². The number of nitrogens with two attached hydrogens (primary N) is 1. The smallest absolute Gasteiger partial charge is 0.231 e. The molecule has 2 N–H and O–H groups in total. The van der Waals surface area contributed by atoms with Crippen LogP contribution in [-0.2, 0) is 14.4 Å². The highest BCUT2D eigenvalue weighted by molar-refractivity contribution is 7.89. The second kappa shape index (κ2) is 6.87. The number of hydrogen-bond acceptors (Lipinski definition) is 3. The van der Waals surface area contributed by atoms with Crippen molar-refractivity contribution in [1.82, 2.24) is 9.78 Å². The average molecular weight is 431 g/mol. The molecule has 0 saturated carbocycles. The molecule has 0 fully saturated rings. The molecule has 0 aliphatic heterocycles. The summed E-state index contributed by atoms with van der Waals surface area (Å²) in [5.41, 5.74) is 2.02. The summed E-state index contributed by atoms with van der Waals surface area (Å²) in [7, 11) is -3.96. The van der Waals surface area contributed by atoms with E-state index in [-0.39, 0.29) is 4.90 Å². The Balaban J connectivity index is 2.31. The van der Waals surface area contributed by atoms with E-state index in [1.54, 1.807) is 55.5 Å². The third kappa shape index (κ3) is 3.89. The van der Waals surface area contributed by atoms with Crippen molar-refractivity contribution in [3.8, 4) is 16.9 Å². The van der Waals surface area contributed by atoms with Gasteiger partial charge in [0.1, 0.15) is 4.90 Å². The van der Waals surface area contributed by atoms with Crippen LogP contribution in [0.15, 0.2) is 59.5 Å². The second-order valence-electron chi connectivity index (χ2n) is 5.73. The van der Waals surface area contributed by atoms with Crippen LogP contribution in [0.2, 0.25) is 5.02 Å². The predicted octanol–water partition coefficient (Wildman–Crippen LogP) is 4.49. The lowest BCUT2D eigenvalue weighted by atomic mass is 10.1. The molecule has 1 heterocycles. The number of aromatic nitrogens is 2. The van der Waals surface area contributed by atoms with Gasteiger partial charge in [-0.15, -0.1) is 0 Å². The molecule has 1 aromatic heterocycles. The molecule has 0 saturated heterocycles. The van der Waals surface area contributed by atoms with Crippen molar-refractivity contribution < 1.29 is 8.42 Å². The molecule has 0 aliphatic carbocycles. The van der Waals surface area contributed by atoms with E-state index >= 15 is 0 Å². The number of halogens is 3. The Morgan fingerprint density at radius 1 is 1.08 bits per heavy atom. The topological polar surface area (TPSA) is 78.0 Å². The molecule has 0 spiro atoms. The van der Waals surface area contributed by atoms with E-state index in [2.05, 4.69) is 5.10 Å². The Kier molecular flexibility index (Phi) is 5.07. The van der Waals surface area contributed by atoms with Gasteiger partial charge < -0.3 is 0 Å². The molecule has 2 aromatic carbocycles. The minimum Gasteiger partial charge on any atom is -0.231 e. The zero-order valence-corrected chi connectivity index (χ0v) is 16.6. The maximum absolute atomic E-state index is 12.0. The van der Waals surface area contributed by atoms with Gasteiger partial charge in [-0.05, 0) is 37.3 Å². The Morgan fingerprint density at radius 3 is 2.27 bits per heavy atom. The Labute approximate surface area is 166 Å². The van der Waals surface area contributed by atoms with Crippen molar-refractivity contribution >= 4 is 44.8 Å². The van der Waals surface area contributed by atoms with Crippen LogP contribution in [0, 0.1) is 0 Å². The third-order valence-electron chi connectivity index (χ3n) is 3.70. The van der Waals surface area contributed by atoms with Crippen LogP contribution in [0.3, 0.4) is 0 Å². The van der Waals surface area contributed by atoms with Crippen molar-refractivity contribution in [2.45, 2.75) is 16.2 Å². The SMILES string of the molecule is CC(Cl)(Cl)c1cc(-c2ccc(Cl)cc2)n(-c2ccccc2S(N)(=O)=O)n1. The number of sulfonamides is 1. The van der Waals surface area contributed by atoms with E-state index in [1.165, 1.54) is 10.7 Å². The monoisotopic (exact) mass is 429 g/mol. The molecule has 26 heavy (non-hydrogen) atoms. The van der Waals surface area contributed by atoms with Crippen molar-refractivity contribution in [2.24, 2.45) is 5.14 Å². The summed E-state index contributed by atoms with van der Waals surface area (Å²) in [4.78, 5) is -0.0595. The zero-order valence-electron chi connectivity index (χ0n) is 13.5. The maximum Gasteiger partial charge on any atom is 0.240 e. The Bertz CT molecular complexity index is 1060. The first-order valence-corrected chi connectivity index (χ1v) is 10.1. The van der Waals surface area contributed by atoms with Crippen molar-refractivity contribution in [3.63, 3.8) is 0 Å². The van der Waals surface area contributed by atoms with E-state index in [4.69, 9.17) is 39.9 Å². The van der Waals surface area contributed by atoms with Crippen LogP contribution in [-0.4, -0.2) is 18.2 Å². The number of hydrogen-bond donors (Lipinski definition) is 1. The number of para-hydroxylation sites is 1. The fourth-order valence-corrected chi connectivity index (χ4v) is 3.50. The predicted molar refractivity (Wildman–Crippen MR) is 104 cm³/mol. The number of benzene rings is 2. The van der Waals surface area contributed by atoms with Gasteiger partial charge in [0, 0.05) is 10.6 Å². The van der Waals surface area contributed by atoms with E-state index in [9.17, 15) is 8.42 Å². The first-order valence-electron chi connectivity index (χ1n) is 7.44. The molecule has 3 aromatic rings. The van der Waals surface area contributed by atoms with Gasteiger partial charge in [-0.1, -0.05) is 59.1 Å². The molecule has 9 heteroatoms. The first-order chi connectivity index (χ1) is 12.1. The minimum absolute atomic E-state index is 0.0595. The number of alkyl halides is 2. The summed E-state index contributed by atoms with van der Waals surface area (Å²) in [5.74, 6) is 0. The molecule has 5 nitrogen and oxygen atoms in total. The summed E-state index contributed by atoms with van der Waals surface area (Å²) < 4.78 is 24.2. The molecule has 0 unspecified atom stereocenters. The normalized spacial score (nSPS) is 12.3. The largest absolute Gasteiger partial charge is 0.240 e. The molecule has 0 amide bonds. The molecule has 0 radical (unpaired) electrons. The van der Waals surface area contributed by atoms with Crippen LogP contribution in [0.1, 0.15) is 12.6 Å². The summed E-state index contributed by atoms with van der Waals surface area (Å²) in [6, 6.07) is 15.0. The summed E-state index contributed by atoms with van der Waals surface area (Å²) in [6.45, 7) is 1.58. The van der Waals surface area contributed by atoms with Crippen LogP contribution in [0.5, 0.6) is 0 Å². The molecule has 0 aliphatic rings. The standard InChI is InChI=1S/C17H14Cl3N3O2S/c1-17(19,20)16-10-14(11-6-8-12(18)9-7-11)23(22-16)13-4-2-3-5-15(13)26(21,24)25/h2-10H,1H3,(H2,21,24,25). The number of nitrogens with zero attached hydrogens (tertiary/aromatic N) is 2. The first kappa shape index (κ1) is 19.2. The van der Waals surface area contributed by atoms with Gasteiger partial charge in [0.25, 0.3) is 0 Å². The summed E-state index contributed by atoms with van der Waals surface area (Å²) in [5, 5.41) is 10.4. The lowest BCUT2D eigenvalue weighted by Gasteiger charge is -2.12. The van der Waals surface area contributed by atoms with Gasteiger partial charge in [0.2, 0.25) is 10.0 Å². The summed E-state index contributed by atoms with van der Waals surface area (Å²) in [6.07, 6.45) is 0. The van der Waals surface area contributed by atoms with Crippen LogP contribution < -0.4 is 5.14 Å². The molecular weight excluding hydrogens is 417 g/mol. The van der Waals surface area contributed by atoms with Crippen molar-refractivity contribution in [1.29, 1.82) is 0 Å². The third-order valence-corrected chi connectivity index (χ3v) is 5.30. The Morgan fingerprint density at radius 2 is 1.69 bits per heavy atom. The Hall–Kier alpha value is -1.57. The van der Waals surface area contributed by atoms with E-state index in [0.29, 0.717) is 22.1 Å². The fraction of sp³-hybridized carbons (Fsp3) is 0.118. The van der Waals surface area contributed by atoms with E-state index < -0.39 is 14.4 Å². The lowest BCUT2D eigenvalue weighted by Crippen LogP contribution is -2.16. The molecule has 0 bridgehead atoms. The van der Waals surface area contributed by atoms with Gasteiger partial charge in [0.05, 0.1) is 17.1 Å². The van der Waals surface area contributed by atoms with Crippen LogP contribution in [0.25, 0.3) is 16.9 Å². The molecule has 136 valence electrons. The average Bonchev–Trinajstić information content (AvgIpc) is 3.00. The summed E-state index contributed by atoms with van der Waals surface area (Å²) >= 11 is 18.4. The van der Waals surface area contributed by atoms with Gasteiger partial charge in [-0.2, -0.15) is 5.10 Å². The van der Waals surface area contributed by atoms with Gasteiger partial charge in [-0.3, -0.25) is 0 Å². The molecular formula is C17H14Cl3N3O2S. The van der Waals surface area contributed by atoms with Gasteiger partial charge >= 0.3 is 0 Å². The number of primary sulfonamides is 1. The lowest BCUT2D eigenvalue weighted by molar-refractivity contribution is 0.596. The quantitative estimate of drug-likeness (QED) is 0.619. The van der Waals surface area contributed by atoms with E-state index in [1.807, 2.05) is 0 Å². The highest BCUT2D eigenvalue weighted by atomic mass is 35.5.